The number of rotatable bonds is 2. The Bertz CT molecular complexity index is 323. The average molecular weight is 209 g/mol. The monoisotopic (exact) mass is 209 g/mol. The highest BCUT2D eigenvalue weighted by atomic mass is 19.1. The van der Waals surface area contributed by atoms with Gasteiger partial charge in [0.05, 0.1) is 0 Å². The maximum Gasteiger partial charge on any atom is 0.127 e. The van der Waals surface area contributed by atoms with Crippen LogP contribution < -0.4 is 5.73 Å². The van der Waals surface area contributed by atoms with Gasteiger partial charge in [0, 0.05) is 24.8 Å². The molecule has 0 aromatic heterocycles. The van der Waals surface area contributed by atoms with Gasteiger partial charge in [-0.2, -0.15) is 0 Å². The summed E-state index contributed by atoms with van der Waals surface area (Å²) in [5, 5.41) is 0. The van der Waals surface area contributed by atoms with Crippen LogP contribution in [0.5, 0.6) is 0 Å². The van der Waals surface area contributed by atoms with Gasteiger partial charge in [0.1, 0.15) is 5.82 Å². The van der Waals surface area contributed by atoms with E-state index < -0.39 is 0 Å². The molecule has 0 aliphatic carbocycles. The second kappa shape index (κ2) is 4.73. The van der Waals surface area contributed by atoms with Crippen LogP contribution in [0.4, 0.5) is 4.39 Å². The second-order valence-electron chi connectivity index (χ2n) is 4.00. The van der Waals surface area contributed by atoms with Crippen molar-refractivity contribution >= 4 is 0 Å². The van der Waals surface area contributed by atoms with E-state index >= 15 is 0 Å². The van der Waals surface area contributed by atoms with E-state index in [-0.39, 0.29) is 11.9 Å². The first kappa shape index (κ1) is 10.6. The van der Waals surface area contributed by atoms with E-state index in [0.29, 0.717) is 11.5 Å². The van der Waals surface area contributed by atoms with Crippen LogP contribution >= 0.6 is 0 Å². The molecule has 1 aromatic carbocycles. The van der Waals surface area contributed by atoms with E-state index in [1.807, 2.05) is 6.07 Å². The fourth-order valence-electron chi connectivity index (χ4n) is 2.07. The highest BCUT2D eigenvalue weighted by Crippen LogP contribution is 2.29. The molecule has 1 aliphatic rings. The molecule has 1 aliphatic heterocycles. The molecule has 1 heterocycles. The van der Waals surface area contributed by atoms with Gasteiger partial charge in [0.15, 0.2) is 0 Å². The zero-order valence-corrected chi connectivity index (χ0v) is 8.66. The summed E-state index contributed by atoms with van der Waals surface area (Å²) in [6.45, 7) is 1.49. The molecule has 1 fully saturated rings. The standard InChI is InChI=1S/C12H16FNO/c13-11-4-2-1-3-10(11)12(14)9-5-7-15-8-6-9/h1-4,9,12H,5-8,14H2/t12-/m1/s1. The van der Waals surface area contributed by atoms with Crippen LogP contribution in [-0.4, -0.2) is 13.2 Å². The number of hydrogen-bond acceptors (Lipinski definition) is 2. The van der Waals surface area contributed by atoms with Crippen LogP contribution in [-0.2, 0) is 4.74 Å². The lowest BCUT2D eigenvalue weighted by atomic mass is 9.87. The quantitative estimate of drug-likeness (QED) is 0.810. The Labute approximate surface area is 89.2 Å². The lowest BCUT2D eigenvalue weighted by Gasteiger charge is -2.28. The molecule has 1 saturated heterocycles. The normalized spacial score (nSPS) is 20.1. The summed E-state index contributed by atoms with van der Waals surface area (Å²) in [5.74, 6) is 0.146. The minimum absolute atomic E-state index is 0.198. The molecule has 2 rings (SSSR count). The molecule has 3 heteroatoms. The molecule has 2 nitrogen and oxygen atoms in total. The van der Waals surface area contributed by atoms with Crippen LogP contribution in [0.1, 0.15) is 24.4 Å². The van der Waals surface area contributed by atoms with Gasteiger partial charge in [-0.05, 0) is 24.8 Å². The van der Waals surface area contributed by atoms with Gasteiger partial charge in [-0.15, -0.1) is 0 Å². The molecule has 0 radical (unpaired) electrons. The molecule has 0 bridgehead atoms. The molecule has 0 unspecified atom stereocenters. The van der Waals surface area contributed by atoms with Crippen molar-refractivity contribution in [2.75, 3.05) is 13.2 Å². The third-order valence-corrected chi connectivity index (χ3v) is 3.04. The van der Waals surface area contributed by atoms with Crippen molar-refractivity contribution in [3.63, 3.8) is 0 Å². The molecular weight excluding hydrogens is 193 g/mol. The van der Waals surface area contributed by atoms with Gasteiger partial charge in [0.25, 0.3) is 0 Å². The van der Waals surface area contributed by atoms with Crippen LogP contribution in [0.25, 0.3) is 0 Å². The molecule has 1 atom stereocenters. The van der Waals surface area contributed by atoms with Crippen molar-refractivity contribution in [3.8, 4) is 0 Å². The Kier molecular flexibility index (Phi) is 3.34. The molecule has 15 heavy (non-hydrogen) atoms. The first-order valence-corrected chi connectivity index (χ1v) is 5.37. The van der Waals surface area contributed by atoms with Crippen molar-refractivity contribution in [1.82, 2.24) is 0 Å². The Hall–Kier alpha value is -0.930. The van der Waals surface area contributed by atoms with Crippen LogP contribution in [0, 0.1) is 11.7 Å². The van der Waals surface area contributed by atoms with Gasteiger partial charge >= 0.3 is 0 Å². The molecule has 0 amide bonds. The van der Waals surface area contributed by atoms with Crippen molar-refractivity contribution in [2.24, 2.45) is 11.7 Å². The lowest BCUT2D eigenvalue weighted by molar-refractivity contribution is 0.0580. The molecule has 0 spiro atoms. The summed E-state index contributed by atoms with van der Waals surface area (Å²) in [4.78, 5) is 0. The third-order valence-electron chi connectivity index (χ3n) is 3.04. The van der Waals surface area contributed by atoms with Crippen molar-refractivity contribution in [1.29, 1.82) is 0 Å². The van der Waals surface area contributed by atoms with Crippen molar-refractivity contribution in [2.45, 2.75) is 18.9 Å². The highest BCUT2D eigenvalue weighted by molar-refractivity contribution is 5.21. The minimum atomic E-state index is -0.199. The maximum atomic E-state index is 13.5. The van der Waals surface area contributed by atoms with Crippen LogP contribution in [0.3, 0.4) is 0 Å². The van der Waals surface area contributed by atoms with Crippen LogP contribution in [0.2, 0.25) is 0 Å². The first-order chi connectivity index (χ1) is 7.29. The fourth-order valence-corrected chi connectivity index (χ4v) is 2.07. The van der Waals surface area contributed by atoms with Gasteiger partial charge in [0.2, 0.25) is 0 Å². The molecule has 1 aromatic rings. The van der Waals surface area contributed by atoms with Gasteiger partial charge in [-0.1, -0.05) is 18.2 Å². The predicted octanol–water partition coefficient (Wildman–Crippen LogP) is 2.25. The zero-order valence-electron chi connectivity index (χ0n) is 8.66. The van der Waals surface area contributed by atoms with Gasteiger partial charge in [-0.25, -0.2) is 4.39 Å². The molecular formula is C12H16FNO. The molecule has 82 valence electrons. The smallest absolute Gasteiger partial charge is 0.127 e. The lowest BCUT2D eigenvalue weighted by Crippen LogP contribution is -2.28. The van der Waals surface area contributed by atoms with E-state index in [0.717, 1.165) is 26.1 Å². The Morgan fingerprint density at radius 3 is 2.60 bits per heavy atom. The number of hydrogen-bond donors (Lipinski definition) is 1. The van der Waals surface area contributed by atoms with Gasteiger partial charge in [-0.3, -0.25) is 0 Å². The third kappa shape index (κ3) is 2.36. The maximum absolute atomic E-state index is 13.5. The molecule has 2 N–H and O–H groups in total. The minimum Gasteiger partial charge on any atom is -0.381 e. The van der Waals surface area contributed by atoms with E-state index in [9.17, 15) is 4.39 Å². The summed E-state index contributed by atoms with van der Waals surface area (Å²) >= 11 is 0. The predicted molar refractivity (Wildman–Crippen MR) is 56.9 cm³/mol. The summed E-state index contributed by atoms with van der Waals surface area (Å²) in [7, 11) is 0. The Balaban J connectivity index is 2.12. The van der Waals surface area contributed by atoms with E-state index in [4.69, 9.17) is 10.5 Å². The average Bonchev–Trinajstić information content (AvgIpc) is 2.30. The van der Waals surface area contributed by atoms with Crippen molar-refractivity contribution < 1.29 is 9.13 Å². The summed E-state index contributed by atoms with van der Waals surface area (Å²) in [6.07, 6.45) is 1.85. The Morgan fingerprint density at radius 2 is 1.93 bits per heavy atom. The first-order valence-electron chi connectivity index (χ1n) is 5.37. The zero-order chi connectivity index (χ0) is 10.7. The topological polar surface area (TPSA) is 35.2 Å². The number of halogens is 1. The van der Waals surface area contributed by atoms with Crippen molar-refractivity contribution in [3.05, 3.63) is 35.6 Å². The summed E-state index contributed by atoms with van der Waals surface area (Å²) < 4.78 is 18.8. The van der Waals surface area contributed by atoms with Crippen LogP contribution in [0.15, 0.2) is 24.3 Å². The summed E-state index contributed by atoms with van der Waals surface area (Å²) in [6, 6.07) is 6.56. The van der Waals surface area contributed by atoms with Gasteiger partial charge < -0.3 is 10.5 Å². The summed E-state index contributed by atoms with van der Waals surface area (Å²) in [5.41, 5.74) is 6.70. The molecule has 0 saturated carbocycles. The van der Waals surface area contributed by atoms with E-state index in [1.54, 1.807) is 12.1 Å². The number of ether oxygens (including phenoxy) is 1. The highest BCUT2D eigenvalue weighted by Gasteiger charge is 2.23. The number of nitrogens with two attached hydrogens (primary N) is 1. The van der Waals surface area contributed by atoms with E-state index in [1.165, 1.54) is 6.07 Å². The SMILES string of the molecule is N[C@@H](c1ccccc1F)C1CCOCC1. The van der Waals surface area contributed by atoms with E-state index in [2.05, 4.69) is 0 Å². The largest absolute Gasteiger partial charge is 0.381 e. The second-order valence-corrected chi connectivity index (χ2v) is 4.00. The Morgan fingerprint density at radius 1 is 1.27 bits per heavy atom. The fraction of sp³-hybridized carbons (Fsp3) is 0.500. The number of benzene rings is 1.